The third-order valence-corrected chi connectivity index (χ3v) is 2.80. The van der Waals surface area contributed by atoms with E-state index in [1.54, 1.807) is 24.7 Å². The number of anilines is 1. The second-order valence-corrected chi connectivity index (χ2v) is 5.51. The van der Waals surface area contributed by atoms with Crippen LogP contribution in [0.15, 0.2) is 6.20 Å². The van der Waals surface area contributed by atoms with Crippen LogP contribution in [0.1, 0.15) is 45.7 Å². The molecule has 3 N–H and O–H groups in total. The maximum atomic E-state index is 11.9. The van der Waals surface area contributed by atoms with E-state index < -0.39 is 11.6 Å². The molecule has 0 unspecified atom stereocenters. The number of aliphatic hydroxyl groups is 1. The minimum absolute atomic E-state index is 0.0152. The van der Waals surface area contributed by atoms with E-state index in [2.05, 4.69) is 15.7 Å². The molecule has 0 aliphatic heterocycles. The molecule has 0 radical (unpaired) electrons. The SMILES string of the molecule is CC(C)n1cc(C#N)c(NC(=O)NC(C)(C)CCO)n1. The Balaban J connectivity index is 2.78. The lowest BCUT2D eigenvalue weighted by Gasteiger charge is -2.25. The highest BCUT2D eigenvalue weighted by molar-refractivity contribution is 5.89. The Morgan fingerprint density at radius 3 is 2.75 bits per heavy atom. The monoisotopic (exact) mass is 279 g/mol. The van der Waals surface area contributed by atoms with Crippen molar-refractivity contribution >= 4 is 11.8 Å². The summed E-state index contributed by atoms with van der Waals surface area (Å²) in [6.45, 7) is 7.46. The van der Waals surface area contributed by atoms with Crippen LogP contribution in [0.25, 0.3) is 0 Å². The van der Waals surface area contributed by atoms with Gasteiger partial charge in [0.1, 0.15) is 11.6 Å². The van der Waals surface area contributed by atoms with Crippen molar-refractivity contribution < 1.29 is 9.90 Å². The maximum absolute atomic E-state index is 11.9. The average Bonchev–Trinajstić information content (AvgIpc) is 2.71. The van der Waals surface area contributed by atoms with Crippen molar-refractivity contribution in [2.45, 2.75) is 45.7 Å². The minimum atomic E-state index is -0.535. The van der Waals surface area contributed by atoms with Gasteiger partial charge in [-0.25, -0.2) is 4.79 Å². The summed E-state index contributed by atoms with van der Waals surface area (Å²) in [7, 11) is 0. The van der Waals surface area contributed by atoms with Crippen LogP contribution in [0.5, 0.6) is 0 Å². The first-order chi connectivity index (χ1) is 9.29. The molecule has 0 fully saturated rings. The van der Waals surface area contributed by atoms with Gasteiger partial charge in [0.05, 0.1) is 0 Å². The lowest BCUT2D eigenvalue weighted by molar-refractivity contribution is 0.218. The molecule has 110 valence electrons. The number of carbonyl (C=O) groups excluding carboxylic acids is 1. The highest BCUT2D eigenvalue weighted by atomic mass is 16.3. The number of hydrogen-bond acceptors (Lipinski definition) is 4. The second kappa shape index (κ2) is 6.39. The molecule has 0 aliphatic rings. The van der Waals surface area contributed by atoms with E-state index in [-0.39, 0.29) is 18.5 Å². The first kappa shape index (κ1) is 16.0. The lowest BCUT2D eigenvalue weighted by atomic mass is 10.0. The summed E-state index contributed by atoms with van der Waals surface area (Å²) in [5, 5.41) is 27.4. The van der Waals surface area contributed by atoms with Crippen molar-refractivity contribution in [3.8, 4) is 6.07 Å². The first-order valence-electron chi connectivity index (χ1n) is 6.48. The van der Waals surface area contributed by atoms with Crippen molar-refractivity contribution in [1.82, 2.24) is 15.1 Å². The fourth-order valence-electron chi connectivity index (χ4n) is 1.62. The van der Waals surface area contributed by atoms with E-state index in [9.17, 15) is 4.79 Å². The number of aromatic nitrogens is 2. The van der Waals surface area contributed by atoms with Gasteiger partial charge >= 0.3 is 6.03 Å². The van der Waals surface area contributed by atoms with Crippen molar-refractivity contribution in [1.29, 1.82) is 5.26 Å². The summed E-state index contributed by atoms with van der Waals surface area (Å²) in [5.74, 6) is 0.235. The van der Waals surface area contributed by atoms with Gasteiger partial charge in [0, 0.05) is 24.4 Å². The number of nitrogens with one attached hydrogen (secondary N) is 2. The van der Waals surface area contributed by atoms with Crippen LogP contribution < -0.4 is 10.6 Å². The summed E-state index contributed by atoms with van der Waals surface area (Å²) in [4.78, 5) is 11.9. The summed E-state index contributed by atoms with van der Waals surface area (Å²) >= 11 is 0. The highest BCUT2D eigenvalue weighted by Gasteiger charge is 2.21. The second-order valence-electron chi connectivity index (χ2n) is 5.51. The molecule has 1 aromatic rings. The van der Waals surface area contributed by atoms with E-state index in [0.29, 0.717) is 12.0 Å². The number of rotatable bonds is 5. The number of urea groups is 1. The molecule has 1 rings (SSSR count). The van der Waals surface area contributed by atoms with Crippen LogP contribution in [0.2, 0.25) is 0 Å². The van der Waals surface area contributed by atoms with Crippen molar-refractivity contribution in [3.05, 3.63) is 11.8 Å². The molecule has 0 aliphatic carbocycles. The maximum Gasteiger partial charge on any atom is 0.320 e. The van der Waals surface area contributed by atoms with E-state index in [4.69, 9.17) is 10.4 Å². The Labute approximate surface area is 118 Å². The quantitative estimate of drug-likeness (QED) is 0.762. The Hall–Kier alpha value is -2.07. The van der Waals surface area contributed by atoms with Crippen molar-refractivity contribution in [2.24, 2.45) is 0 Å². The first-order valence-corrected chi connectivity index (χ1v) is 6.48. The molecule has 0 spiro atoms. The van der Waals surface area contributed by atoms with Gasteiger partial charge in [-0.3, -0.25) is 10.00 Å². The zero-order valence-corrected chi connectivity index (χ0v) is 12.3. The fourth-order valence-corrected chi connectivity index (χ4v) is 1.62. The van der Waals surface area contributed by atoms with Crippen LogP contribution in [0, 0.1) is 11.3 Å². The molecule has 0 saturated carbocycles. The van der Waals surface area contributed by atoms with E-state index in [1.807, 2.05) is 19.9 Å². The van der Waals surface area contributed by atoms with Gasteiger partial charge in [-0.15, -0.1) is 0 Å². The van der Waals surface area contributed by atoms with E-state index in [0.717, 1.165) is 0 Å². The van der Waals surface area contributed by atoms with Crippen molar-refractivity contribution in [2.75, 3.05) is 11.9 Å². The van der Waals surface area contributed by atoms with Crippen LogP contribution in [0.4, 0.5) is 10.6 Å². The third kappa shape index (κ3) is 4.24. The molecule has 2 amide bonds. The number of amides is 2. The Bertz CT molecular complexity index is 513. The molecule has 20 heavy (non-hydrogen) atoms. The Kier molecular flexibility index (Phi) is 5.11. The molecule has 7 nitrogen and oxygen atoms in total. The molecule has 1 heterocycles. The van der Waals surface area contributed by atoms with Crippen LogP contribution in [0.3, 0.4) is 0 Å². The Morgan fingerprint density at radius 1 is 1.60 bits per heavy atom. The molecule has 7 heteroatoms. The molecule has 0 bridgehead atoms. The smallest absolute Gasteiger partial charge is 0.320 e. The molecular weight excluding hydrogens is 258 g/mol. The van der Waals surface area contributed by atoms with Crippen LogP contribution in [-0.2, 0) is 0 Å². The topological polar surface area (TPSA) is 103 Å². The van der Waals surface area contributed by atoms with E-state index >= 15 is 0 Å². The normalized spacial score (nSPS) is 11.2. The molecule has 0 aromatic carbocycles. The predicted octanol–water partition coefficient (Wildman–Crippen LogP) is 1.62. The largest absolute Gasteiger partial charge is 0.396 e. The summed E-state index contributed by atoms with van der Waals surface area (Å²) in [6.07, 6.45) is 2.03. The highest BCUT2D eigenvalue weighted by Crippen LogP contribution is 2.15. The predicted molar refractivity (Wildman–Crippen MR) is 75.3 cm³/mol. The average molecular weight is 279 g/mol. The zero-order chi connectivity index (χ0) is 15.3. The van der Waals surface area contributed by atoms with Gasteiger partial charge < -0.3 is 10.4 Å². The van der Waals surface area contributed by atoms with Gasteiger partial charge in [0.25, 0.3) is 0 Å². The standard InChI is InChI=1S/C13H21N5O2/c1-9(2)18-8-10(7-14)11(17-18)15-12(20)16-13(3,4)5-6-19/h8-9,19H,5-6H2,1-4H3,(H2,15,16,17,20). The lowest BCUT2D eigenvalue weighted by Crippen LogP contribution is -2.46. The molecule has 0 saturated heterocycles. The van der Waals surface area contributed by atoms with Gasteiger partial charge in [0.2, 0.25) is 0 Å². The third-order valence-electron chi connectivity index (χ3n) is 2.80. The van der Waals surface area contributed by atoms with Crippen LogP contribution >= 0.6 is 0 Å². The van der Waals surface area contributed by atoms with E-state index in [1.165, 1.54) is 0 Å². The van der Waals surface area contributed by atoms with Gasteiger partial charge in [0.15, 0.2) is 5.82 Å². The molecule has 1 aromatic heterocycles. The Morgan fingerprint density at radius 2 is 2.25 bits per heavy atom. The number of nitrogens with zero attached hydrogens (tertiary/aromatic N) is 3. The molecule has 0 atom stereocenters. The summed E-state index contributed by atoms with van der Waals surface area (Å²) in [6, 6.07) is 1.65. The summed E-state index contributed by atoms with van der Waals surface area (Å²) in [5.41, 5.74) is -0.222. The number of carbonyl (C=O) groups is 1. The van der Waals surface area contributed by atoms with Gasteiger partial charge in [-0.1, -0.05) is 0 Å². The van der Waals surface area contributed by atoms with Gasteiger partial charge in [-0.2, -0.15) is 10.4 Å². The van der Waals surface area contributed by atoms with Crippen molar-refractivity contribution in [3.63, 3.8) is 0 Å². The number of aliphatic hydroxyl groups excluding tert-OH is 1. The summed E-state index contributed by atoms with van der Waals surface area (Å²) < 4.78 is 1.62. The van der Waals surface area contributed by atoms with Crippen LogP contribution in [-0.4, -0.2) is 33.1 Å². The number of nitriles is 1. The molecular formula is C13H21N5O2. The van der Waals surface area contributed by atoms with Gasteiger partial charge in [-0.05, 0) is 34.1 Å². The minimum Gasteiger partial charge on any atom is -0.396 e. The number of hydrogen-bond donors (Lipinski definition) is 3. The zero-order valence-electron chi connectivity index (χ0n) is 12.3. The fraction of sp³-hybridized carbons (Fsp3) is 0.615.